The van der Waals surface area contributed by atoms with Gasteiger partial charge in [0.2, 0.25) is 0 Å². The first-order valence-corrected chi connectivity index (χ1v) is 11.7. The monoisotopic (exact) mass is 521 g/mol. The van der Waals surface area contributed by atoms with Gasteiger partial charge in [-0.25, -0.2) is 4.52 Å². The lowest BCUT2D eigenvalue weighted by Gasteiger charge is -2.24. The van der Waals surface area contributed by atoms with Crippen LogP contribution in [0.1, 0.15) is 13.8 Å². The number of rotatable bonds is 11. The van der Waals surface area contributed by atoms with E-state index in [1.54, 1.807) is 36.5 Å². The normalized spacial score (nSPS) is 11.0. The number of aromatic nitrogens is 2. The summed E-state index contributed by atoms with van der Waals surface area (Å²) >= 11 is 0. The van der Waals surface area contributed by atoms with Gasteiger partial charge in [-0.05, 0) is 56.3 Å². The summed E-state index contributed by atoms with van der Waals surface area (Å²) < 4.78 is 7.05. The molecule has 13 nitrogen and oxygen atoms in total. The Morgan fingerprint density at radius 1 is 1.03 bits per heavy atom. The van der Waals surface area contributed by atoms with Crippen LogP contribution in [0.4, 0.5) is 39.8 Å². The van der Waals surface area contributed by atoms with E-state index in [-0.39, 0.29) is 36.5 Å². The third kappa shape index (κ3) is 5.42. The Morgan fingerprint density at radius 3 is 2.29 bits per heavy atom. The van der Waals surface area contributed by atoms with Gasteiger partial charge in [-0.3, -0.25) is 20.2 Å². The smallest absolute Gasteiger partial charge is 0.299 e. The van der Waals surface area contributed by atoms with Crippen molar-refractivity contribution in [2.45, 2.75) is 19.9 Å². The van der Waals surface area contributed by atoms with E-state index in [4.69, 9.17) is 4.74 Å². The number of hydrogen-bond donors (Lipinski definition) is 3. The Labute approximate surface area is 217 Å². The molecule has 3 N–H and O–H groups in total. The van der Waals surface area contributed by atoms with Gasteiger partial charge in [0.1, 0.15) is 23.7 Å². The highest BCUT2D eigenvalue weighted by Crippen LogP contribution is 2.41. The maximum atomic E-state index is 11.9. The second-order valence-electron chi connectivity index (χ2n) is 8.68. The summed E-state index contributed by atoms with van der Waals surface area (Å²) in [5, 5.41) is 43.2. The van der Waals surface area contributed by atoms with E-state index in [1.807, 2.05) is 19.2 Å². The van der Waals surface area contributed by atoms with Gasteiger partial charge in [-0.2, -0.15) is 0 Å². The van der Waals surface area contributed by atoms with E-state index in [2.05, 4.69) is 34.5 Å². The van der Waals surface area contributed by atoms with Gasteiger partial charge in [-0.1, -0.05) is 6.07 Å². The second kappa shape index (κ2) is 11.0. The molecule has 4 rings (SSSR count). The molecule has 0 spiro atoms. The van der Waals surface area contributed by atoms with Crippen molar-refractivity contribution < 1.29 is 19.7 Å². The predicted molar refractivity (Wildman–Crippen MR) is 144 cm³/mol. The first-order valence-electron chi connectivity index (χ1n) is 11.7. The standard InChI is InChI=1S/C25H27N7O6/c1-16(2)29(3)18-9-7-17(8-10-18)26-19-14-20(23(32(36)37)15-22(19)31(34)35)27-24-21-6-4-5-11-30(21)28-25(24)38-13-12-33/h4-11,14-16,26-27,33H,12-13H2,1-3H3. The van der Waals surface area contributed by atoms with E-state index < -0.39 is 21.2 Å². The van der Waals surface area contributed by atoms with Crippen LogP contribution in [0.3, 0.4) is 0 Å². The molecule has 0 unspecified atom stereocenters. The molecule has 0 aliphatic rings. The van der Waals surface area contributed by atoms with Crippen LogP contribution < -0.4 is 20.3 Å². The minimum atomic E-state index is -0.699. The molecular weight excluding hydrogens is 494 g/mol. The number of benzene rings is 2. The summed E-state index contributed by atoms with van der Waals surface area (Å²) in [6.45, 7) is 3.82. The average Bonchev–Trinajstić information content (AvgIpc) is 3.24. The molecule has 0 aliphatic heterocycles. The molecule has 0 radical (unpaired) electrons. The minimum absolute atomic E-state index is 0.00753. The summed E-state index contributed by atoms with van der Waals surface area (Å²) in [6.07, 6.45) is 1.67. The molecule has 2 heterocycles. The van der Waals surface area contributed by atoms with E-state index in [9.17, 15) is 25.3 Å². The molecule has 4 aromatic rings. The van der Waals surface area contributed by atoms with Crippen LogP contribution in [0.15, 0.2) is 60.8 Å². The number of nitrogens with one attached hydrogen (secondary N) is 2. The van der Waals surface area contributed by atoms with E-state index in [0.717, 1.165) is 11.8 Å². The SMILES string of the molecule is CC(C)N(C)c1ccc(Nc2cc(Nc3c(OCCO)nn4ccccc34)c([N+](=O)[O-])cc2[N+](=O)[O-])cc1. The molecule has 198 valence electrons. The van der Waals surface area contributed by atoms with Gasteiger partial charge >= 0.3 is 0 Å². The topological polar surface area (TPSA) is 160 Å². The van der Waals surface area contributed by atoms with Crippen LogP contribution in [0.2, 0.25) is 0 Å². The number of nitro benzene ring substituents is 2. The predicted octanol–water partition coefficient (Wildman–Crippen LogP) is 4.85. The number of aliphatic hydroxyl groups excluding tert-OH is 1. The van der Waals surface area contributed by atoms with E-state index in [1.165, 1.54) is 10.6 Å². The van der Waals surface area contributed by atoms with Gasteiger partial charge in [0, 0.05) is 30.7 Å². The first kappa shape index (κ1) is 26.2. The number of nitrogens with zero attached hydrogens (tertiary/aromatic N) is 5. The van der Waals surface area contributed by atoms with Crippen LogP contribution in [0.25, 0.3) is 5.52 Å². The third-order valence-corrected chi connectivity index (χ3v) is 5.93. The fourth-order valence-electron chi connectivity index (χ4n) is 3.79. The summed E-state index contributed by atoms with van der Waals surface area (Å²) in [5.74, 6) is 0.109. The third-order valence-electron chi connectivity index (χ3n) is 5.93. The summed E-state index contributed by atoms with van der Waals surface area (Å²) in [6, 6.07) is 15.0. The Bertz CT molecular complexity index is 1470. The molecule has 38 heavy (non-hydrogen) atoms. The van der Waals surface area contributed by atoms with Crippen molar-refractivity contribution >= 4 is 45.3 Å². The maximum Gasteiger partial charge on any atom is 0.299 e. The molecule has 0 bridgehead atoms. The molecule has 2 aromatic carbocycles. The Hall–Kier alpha value is -4.91. The number of fused-ring (bicyclic) bond motifs is 1. The lowest BCUT2D eigenvalue weighted by molar-refractivity contribution is -0.393. The van der Waals surface area contributed by atoms with Gasteiger partial charge in [0.05, 0.1) is 28.0 Å². The van der Waals surface area contributed by atoms with Gasteiger partial charge in [-0.15, -0.1) is 5.10 Å². The van der Waals surface area contributed by atoms with Crippen LogP contribution in [0.5, 0.6) is 5.88 Å². The van der Waals surface area contributed by atoms with Gasteiger partial charge < -0.3 is 25.4 Å². The Morgan fingerprint density at radius 2 is 1.68 bits per heavy atom. The van der Waals surface area contributed by atoms with Crippen molar-refractivity contribution in [3.63, 3.8) is 0 Å². The Balaban J connectivity index is 1.77. The zero-order valence-electron chi connectivity index (χ0n) is 21.0. The molecule has 0 saturated carbocycles. The Kier molecular flexibility index (Phi) is 7.58. The second-order valence-corrected chi connectivity index (χ2v) is 8.68. The van der Waals surface area contributed by atoms with Crippen LogP contribution in [-0.4, -0.2) is 50.9 Å². The highest BCUT2D eigenvalue weighted by atomic mass is 16.6. The molecule has 0 amide bonds. The number of ether oxygens (including phenoxy) is 1. The number of aliphatic hydroxyl groups is 1. The molecule has 2 aromatic heterocycles. The minimum Gasteiger partial charge on any atom is -0.473 e. The molecule has 13 heteroatoms. The number of nitro groups is 2. The lowest BCUT2D eigenvalue weighted by atomic mass is 10.1. The zero-order chi connectivity index (χ0) is 27.4. The molecule has 0 atom stereocenters. The van der Waals surface area contributed by atoms with E-state index in [0.29, 0.717) is 16.9 Å². The van der Waals surface area contributed by atoms with Gasteiger partial charge in [0.25, 0.3) is 17.3 Å². The maximum absolute atomic E-state index is 11.9. The number of anilines is 5. The fourth-order valence-corrected chi connectivity index (χ4v) is 3.79. The van der Waals surface area contributed by atoms with Crippen LogP contribution >= 0.6 is 0 Å². The summed E-state index contributed by atoms with van der Waals surface area (Å²) in [5.41, 5.74) is 1.48. The van der Waals surface area contributed by atoms with Crippen molar-refractivity contribution in [3.8, 4) is 5.88 Å². The van der Waals surface area contributed by atoms with Crippen molar-refractivity contribution in [3.05, 3.63) is 81.0 Å². The first-order chi connectivity index (χ1) is 18.2. The number of hydrogen-bond acceptors (Lipinski definition) is 10. The quantitative estimate of drug-likeness (QED) is 0.184. The fraction of sp³-hybridized carbons (Fsp3) is 0.240. The van der Waals surface area contributed by atoms with Crippen molar-refractivity contribution in [2.75, 3.05) is 35.8 Å². The number of pyridine rings is 1. The average molecular weight is 522 g/mol. The largest absolute Gasteiger partial charge is 0.473 e. The summed E-state index contributed by atoms with van der Waals surface area (Å²) in [4.78, 5) is 24.4. The van der Waals surface area contributed by atoms with Crippen LogP contribution in [0, 0.1) is 20.2 Å². The van der Waals surface area contributed by atoms with Crippen molar-refractivity contribution in [2.24, 2.45) is 0 Å². The lowest BCUT2D eigenvalue weighted by Crippen LogP contribution is -2.25. The highest BCUT2D eigenvalue weighted by Gasteiger charge is 2.27. The molecule has 0 saturated heterocycles. The van der Waals surface area contributed by atoms with E-state index >= 15 is 0 Å². The van der Waals surface area contributed by atoms with Crippen molar-refractivity contribution in [1.82, 2.24) is 9.61 Å². The molecule has 0 fully saturated rings. The summed E-state index contributed by atoms with van der Waals surface area (Å²) in [7, 11) is 1.96. The zero-order valence-corrected chi connectivity index (χ0v) is 21.0. The molecular formula is C25H27N7O6. The van der Waals surface area contributed by atoms with Crippen LogP contribution in [-0.2, 0) is 0 Å². The van der Waals surface area contributed by atoms with Crippen molar-refractivity contribution in [1.29, 1.82) is 0 Å². The van der Waals surface area contributed by atoms with Gasteiger partial charge in [0.15, 0.2) is 0 Å². The highest BCUT2D eigenvalue weighted by molar-refractivity contribution is 5.88. The molecule has 0 aliphatic carbocycles.